The lowest BCUT2D eigenvalue weighted by atomic mass is 9.88. The van der Waals surface area contributed by atoms with Gasteiger partial charge in [0.1, 0.15) is 5.82 Å². The molecule has 2 saturated heterocycles. The molecule has 2 atom stereocenters. The quantitative estimate of drug-likeness (QED) is 0.367. The van der Waals surface area contributed by atoms with Crippen molar-refractivity contribution in [3.63, 3.8) is 0 Å². The summed E-state index contributed by atoms with van der Waals surface area (Å²) in [5.74, 6) is 1.62. The van der Waals surface area contributed by atoms with Gasteiger partial charge < -0.3 is 9.80 Å². The van der Waals surface area contributed by atoms with E-state index in [0.717, 1.165) is 35.1 Å². The Kier molecular flexibility index (Phi) is 8.75. The summed E-state index contributed by atoms with van der Waals surface area (Å²) < 4.78 is 93.9. The Labute approximate surface area is 227 Å². The van der Waals surface area contributed by atoms with Crippen molar-refractivity contribution in [3.05, 3.63) is 70.0 Å². The van der Waals surface area contributed by atoms with Crippen LogP contribution in [-0.2, 0) is 18.9 Å². The van der Waals surface area contributed by atoms with Crippen molar-refractivity contribution in [3.8, 4) is 0 Å². The first kappa shape index (κ1) is 29.5. The normalized spacial score (nSPS) is 21.2. The highest BCUT2D eigenvalue weighted by Crippen LogP contribution is 2.38. The minimum Gasteiger partial charge on any atom is -0.323 e. The summed E-state index contributed by atoms with van der Waals surface area (Å²) in [6.07, 6.45) is -8.67. The Morgan fingerprint density at radius 3 is 2.15 bits per heavy atom. The van der Waals surface area contributed by atoms with E-state index in [9.17, 15) is 35.5 Å². The molecule has 2 amide bonds. The van der Waals surface area contributed by atoms with Gasteiger partial charge in [-0.3, -0.25) is 4.90 Å². The molecule has 2 aromatic rings. The predicted molar refractivity (Wildman–Crippen MR) is 136 cm³/mol. The Morgan fingerprint density at radius 2 is 1.59 bits per heavy atom. The Hall–Kier alpha value is -2.47. The number of urea groups is 1. The number of hydrogen-bond donors (Lipinski definition) is 0. The van der Waals surface area contributed by atoms with Crippen LogP contribution in [0.3, 0.4) is 0 Å². The molecular weight excluding hydrogens is 547 g/mol. The number of benzene rings is 2. The van der Waals surface area contributed by atoms with Crippen molar-refractivity contribution < 1.29 is 35.5 Å². The van der Waals surface area contributed by atoms with Gasteiger partial charge in [-0.2, -0.15) is 38.1 Å². The maximum absolute atomic E-state index is 13.9. The van der Waals surface area contributed by atoms with Crippen LogP contribution in [0, 0.1) is 12.7 Å². The van der Waals surface area contributed by atoms with E-state index in [1.54, 1.807) is 17.9 Å². The predicted octanol–water partition coefficient (Wildman–Crippen LogP) is 6.98. The fourth-order valence-corrected chi connectivity index (χ4v) is 6.36. The van der Waals surface area contributed by atoms with Crippen LogP contribution in [0.5, 0.6) is 0 Å². The molecule has 0 bridgehead atoms. The number of amides is 2. The van der Waals surface area contributed by atoms with E-state index in [2.05, 4.69) is 4.90 Å². The first-order chi connectivity index (χ1) is 18.2. The maximum Gasteiger partial charge on any atom is 0.416 e. The molecule has 2 aliphatic rings. The summed E-state index contributed by atoms with van der Waals surface area (Å²) in [5.41, 5.74) is -1.68. The molecule has 2 aliphatic heterocycles. The van der Waals surface area contributed by atoms with Crippen molar-refractivity contribution in [2.75, 3.05) is 38.2 Å². The van der Waals surface area contributed by atoms with Crippen LogP contribution in [0.25, 0.3) is 0 Å². The third kappa shape index (κ3) is 7.00. The zero-order valence-electron chi connectivity index (χ0n) is 21.6. The molecule has 0 aliphatic carbocycles. The lowest BCUT2D eigenvalue weighted by Crippen LogP contribution is -2.52. The standard InChI is InChI=1S/C27H30F7N3OS/c1-17-11-21(28)3-4-23(17)24-15-22(36-7-9-39-10-8-36)5-6-37(24)25(38)35(2)16-18-12-19(26(29,30)31)14-20(13-18)27(32,33)34/h3-4,11-14,22,24H,5-10,15-16H2,1-2H3/t22-,24-/m1/s1. The topological polar surface area (TPSA) is 26.8 Å². The second-order valence-corrected chi connectivity index (χ2v) is 11.3. The summed E-state index contributed by atoms with van der Waals surface area (Å²) >= 11 is 1.88. The fraction of sp³-hybridized carbons (Fsp3) is 0.519. The van der Waals surface area contributed by atoms with Crippen LogP contribution in [-0.4, -0.2) is 65.0 Å². The van der Waals surface area contributed by atoms with Gasteiger partial charge in [-0.15, -0.1) is 0 Å². The van der Waals surface area contributed by atoms with E-state index in [-0.39, 0.29) is 17.7 Å². The van der Waals surface area contributed by atoms with E-state index in [1.165, 1.54) is 19.2 Å². The molecule has 0 radical (unpaired) electrons. The van der Waals surface area contributed by atoms with Crippen molar-refractivity contribution in [2.24, 2.45) is 0 Å². The van der Waals surface area contributed by atoms with Gasteiger partial charge in [0, 0.05) is 50.8 Å². The highest BCUT2D eigenvalue weighted by Gasteiger charge is 2.39. The van der Waals surface area contributed by atoms with Gasteiger partial charge in [0.05, 0.1) is 17.2 Å². The van der Waals surface area contributed by atoms with Gasteiger partial charge in [0.25, 0.3) is 0 Å². The summed E-state index contributed by atoms with van der Waals surface area (Å²) in [5, 5.41) is 0. The van der Waals surface area contributed by atoms with E-state index in [0.29, 0.717) is 37.1 Å². The van der Waals surface area contributed by atoms with Crippen molar-refractivity contribution in [2.45, 2.75) is 50.7 Å². The second-order valence-electron chi connectivity index (χ2n) is 10.1. The monoisotopic (exact) mass is 577 g/mol. The molecule has 4 nitrogen and oxygen atoms in total. The molecular formula is C27H30F7N3OS. The fourth-order valence-electron chi connectivity index (χ4n) is 5.43. The Balaban J connectivity index is 1.60. The molecule has 2 fully saturated rings. The van der Waals surface area contributed by atoms with Crippen LogP contribution in [0.15, 0.2) is 36.4 Å². The van der Waals surface area contributed by atoms with Crippen LogP contribution in [0.1, 0.15) is 46.7 Å². The third-order valence-corrected chi connectivity index (χ3v) is 8.31. The molecule has 214 valence electrons. The molecule has 2 heterocycles. The lowest BCUT2D eigenvalue weighted by molar-refractivity contribution is -0.143. The number of carbonyl (C=O) groups excluding carboxylic acids is 1. The SMILES string of the molecule is Cc1cc(F)ccc1[C@H]1C[C@H](N2CCSCC2)CCN1C(=O)N(C)Cc1cc(C(F)(F)F)cc(C(F)(F)F)c1. The van der Waals surface area contributed by atoms with E-state index < -0.39 is 47.9 Å². The lowest BCUT2D eigenvalue weighted by Gasteiger charge is -2.46. The molecule has 0 aromatic heterocycles. The number of likely N-dealkylation sites (tertiary alicyclic amines) is 1. The second kappa shape index (κ2) is 11.6. The molecule has 4 rings (SSSR count). The molecule has 12 heteroatoms. The van der Waals surface area contributed by atoms with Crippen molar-refractivity contribution in [1.82, 2.24) is 14.7 Å². The zero-order valence-corrected chi connectivity index (χ0v) is 22.4. The van der Waals surface area contributed by atoms with Crippen LogP contribution < -0.4 is 0 Å². The number of alkyl halides is 6. The van der Waals surface area contributed by atoms with Crippen LogP contribution in [0.2, 0.25) is 0 Å². The minimum atomic E-state index is -4.97. The Bertz CT molecular complexity index is 1150. The summed E-state index contributed by atoms with van der Waals surface area (Å²) in [7, 11) is 1.36. The first-order valence-corrected chi connectivity index (χ1v) is 13.8. The zero-order chi connectivity index (χ0) is 28.5. The van der Waals surface area contributed by atoms with Crippen LogP contribution in [0.4, 0.5) is 35.5 Å². The number of thioether (sulfide) groups is 1. The van der Waals surface area contributed by atoms with E-state index >= 15 is 0 Å². The highest BCUT2D eigenvalue weighted by atomic mass is 32.2. The first-order valence-electron chi connectivity index (χ1n) is 12.6. The average Bonchev–Trinajstić information content (AvgIpc) is 2.87. The van der Waals surface area contributed by atoms with Gasteiger partial charge >= 0.3 is 18.4 Å². The maximum atomic E-state index is 13.9. The van der Waals surface area contributed by atoms with Gasteiger partial charge in [0.15, 0.2) is 0 Å². The van der Waals surface area contributed by atoms with E-state index in [1.807, 2.05) is 11.8 Å². The van der Waals surface area contributed by atoms with Gasteiger partial charge in [-0.1, -0.05) is 6.07 Å². The number of nitrogens with zero attached hydrogens (tertiary/aromatic N) is 3. The number of hydrogen-bond acceptors (Lipinski definition) is 3. The molecule has 0 saturated carbocycles. The minimum absolute atomic E-state index is 0.0720. The largest absolute Gasteiger partial charge is 0.416 e. The Morgan fingerprint density at radius 1 is 0.974 bits per heavy atom. The molecule has 39 heavy (non-hydrogen) atoms. The smallest absolute Gasteiger partial charge is 0.323 e. The van der Waals surface area contributed by atoms with Gasteiger partial charge in [-0.25, -0.2) is 9.18 Å². The number of aryl methyl sites for hydroxylation is 1. The number of carbonyl (C=O) groups is 1. The molecule has 0 unspecified atom stereocenters. The number of rotatable bonds is 4. The molecule has 0 spiro atoms. The molecule has 0 N–H and O–H groups in total. The average molecular weight is 578 g/mol. The van der Waals surface area contributed by atoms with Crippen molar-refractivity contribution in [1.29, 1.82) is 0 Å². The van der Waals surface area contributed by atoms with Gasteiger partial charge in [-0.05, 0) is 66.8 Å². The number of halogens is 7. The molecule has 2 aromatic carbocycles. The summed E-state index contributed by atoms with van der Waals surface area (Å²) in [6, 6.07) is 5.00. The third-order valence-electron chi connectivity index (χ3n) is 7.37. The number of piperidine rings is 1. The van der Waals surface area contributed by atoms with Crippen LogP contribution >= 0.6 is 11.8 Å². The van der Waals surface area contributed by atoms with Crippen molar-refractivity contribution >= 4 is 17.8 Å². The van der Waals surface area contributed by atoms with Gasteiger partial charge in [0.2, 0.25) is 0 Å². The summed E-state index contributed by atoms with van der Waals surface area (Å²) in [6.45, 7) is 3.53. The highest BCUT2D eigenvalue weighted by molar-refractivity contribution is 7.99. The van der Waals surface area contributed by atoms with E-state index in [4.69, 9.17) is 0 Å². The summed E-state index contributed by atoms with van der Waals surface area (Å²) in [4.78, 5) is 18.8.